The SMILES string of the molecule is CNC(C(=O)O)C(NC)c1ccc2c(c1)ncn2C. The van der Waals surface area contributed by atoms with Gasteiger partial charge >= 0.3 is 5.97 Å². The first-order valence-corrected chi connectivity index (χ1v) is 6.06. The summed E-state index contributed by atoms with van der Waals surface area (Å²) in [5.41, 5.74) is 2.78. The molecule has 102 valence electrons. The van der Waals surface area contributed by atoms with Crippen molar-refractivity contribution in [2.24, 2.45) is 7.05 Å². The molecule has 0 amide bonds. The van der Waals surface area contributed by atoms with Crippen molar-refractivity contribution in [2.45, 2.75) is 12.1 Å². The number of nitrogens with one attached hydrogen (secondary N) is 2. The first-order valence-electron chi connectivity index (χ1n) is 6.06. The van der Waals surface area contributed by atoms with Crippen LogP contribution in [-0.4, -0.2) is 40.8 Å². The first kappa shape index (κ1) is 13.5. The summed E-state index contributed by atoms with van der Waals surface area (Å²) in [4.78, 5) is 15.5. The lowest BCUT2D eigenvalue weighted by molar-refractivity contribution is -0.140. The van der Waals surface area contributed by atoms with E-state index in [4.69, 9.17) is 0 Å². The minimum Gasteiger partial charge on any atom is -0.480 e. The summed E-state index contributed by atoms with van der Waals surface area (Å²) < 4.78 is 1.93. The largest absolute Gasteiger partial charge is 0.480 e. The molecule has 0 radical (unpaired) electrons. The Morgan fingerprint density at radius 2 is 2.11 bits per heavy atom. The first-order chi connectivity index (χ1) is 9.08. The van der Waals surface area contributed by atoms with Crippen LogP contribution >= 0.6 is 0 Å². The number of hydrogen-bond donors (Lipinski definition) is 3. The molecule has 0 fully saturated rings. The normalized spacial score (nSPS) is 14.5. The molecule has 0 spiro atoms. The van der Waals surface area contributed by atoms with Crippen molar-refractivity contribution in [3.63, 3.8) is 0 Å². The Morgan fingerprint density at radius 3 is 2.68 bits per heavy atom. The Hall–Kier alpha value is -1.92. The number of nitrogens with zero attached hydrogens (tertiary/aromatic N) is 2. The number of carbonyl (C=O) groups is 1. The van der Waals surface area contributed by atoms with Crippen molar-refractivity contribution in [3.8, 4) is 0 Å². The molecule has 2 rings (SSSR count). The van der Waals surface area contributed by atoms with Crippen LogP contribution in [0.2, 0.25) is 0 Å². The van der Waals surface area contributed by atoms with Gasteiger partial charge in [-0.3, -0.25) is 4.79 Å². The molecule has 2 atom stereocenters. The lowest BCUT2D eigenvalue weighted by Gasteiger charge is -2.23. The maximum absolute atomic E-state index is 11.2. The molecular weight excluding hydrogens is 244 g/mol. The second-order valence-corrected chi connectivity index (χ2v) is 4.47. The van der Waals surface area contributed by atoms with Gasteiger partial charge in [-0.15, -0.1) is 0 Å². The third-order valence-corrected chi connectivity index (χ3v) is 3.33. The van der Waals surface area contributed by atoms with E-state index in [1.54, 1.807) is 20.4 Å². The van der Waals surface area contributed by atoms with E-state index in [1.807, 2.05) is 29.8 Å². The lowest BCUT2D eigenvalue weighted by Crippen LogP contribution is -2.44. The van der Waals surface area contributed by atoms with Gasteiger partial charge in [-0.25, -0.2) is 4.98 Å². The van der Waals surface area contributed by atoms with Crippen molar-refractivity contribution in [2.75, 3.05) is 14.1 Å². The molecule has 6 nitrogen and oxygen atoms in total. The topological polar surface area (TPSA) is 79.2 Å². The standard InChI is InChI=1S/C13H18N4O2/c1-14-11(12(15-2)13(18)19)8-4-5-10-9(6-8)16-7-17(10)3/h4-7,11-12,14-15H,1-3H3,(H,18,19). The van der Waals surface area contributed by atoms with E-state index >= 15 is 0 Å². The van der Waals surface area contributed by atoms with E-state index in [9.17, 15) is 9.90 Å². The van der Waals surface area contributed by atoms with E-state index in [1.165, 1.54) is 0 Å². The zero-order valence-corrected chi connectivity index (χ0v) is 11.2. The van der Waals surface area contributed by atoms with Crippen molar-refractivity contribution < 1.29 is 9.90 Å². The number of rotatable bonds is 5. The number of imidazole rings is 1. The van der Waals surface area contributed by atoms with Crippen molar-refractivity contribution in [3.05, 3.63) is 30.1 Å². The van der Waals surface area contributed by atoms with E-state index < -0.39 is 12.0 Å². The number of benzene rings is 1. The van der Waals surface area contributed by atoms with Gasteiger partial charge < -0.3 is 20.3 Å². The number of carboxylic acids is 1. The summed E-state index contributed by atoms with van der Waals surface area (Å²) >= 11 is 0. The third-order valence-electron chi connectivity index (χ3n) is 3.33. The van der Waals surface area contributed by atoms with Crippen LogP contribution in [0.3, 0.4) is 0 Å². The second-order valence-electron chi connectivity index (χ2n) is 4.47. The molecule has 0 aliphatic heterocycles. The maximum atomic E-state index is 11.2. The average Bonchev–Trinajstić information content (AvgIpc) is 2.76. The Labute approximate surface area is 111 Å². The number of carboxylic acid groups (broad SMARTS) is 1. The molecule has 2 unspecified atom stereocenters. The summed E-state index contributed by atoms with van der Waals surface area (Å²) in [5.74, 6) is -0.886. The van der Waals surface area contributed by atoms with Gasteiger partial charge in [0.2, 0.25) is 0 Å². The van der Waals surface area contributed by atoms with Gasteiger partial charge in [0.25, 0.3) is 0 Å². The molecule has 19 heavy (non-hydrogen) atoms. The van der Waals surface area contributed by atoms with Crippen LogP contribution < -0.4 is 10.6 Å². The minimum absolute atomic E-state index is 0.311. The molecule has 0 aliphatic rings. The van der Waals surface area contributed by atoms with Crippen LogP contribution in [0.25, 0.3) is 11.0 Å². The summed E-state index contributed by atoms with van der Waals surface area (Å²) in [6.45, 7) is 0. The highest BCUT2D eigenvalue weighted by atomic mass is 16.4. The Kier molecular flexibility index (Phi) is 3.82. The summed E-state index contributed by atoms with van der Waals surface area (Å²) in [7, 11) is 5.32. The number of likely N-dealkylation sites (N-methyl/N-ethyl adjacent to an activating group) is 2. The highest BCUT2D eigenvalue weighted by Gasteiger charge is 2.26. The molecule has 1 aromatic heterocycles. The van der Waals surface area contributed by atoms with Gasteiger partial charge in [-0.1, -0.05) is 6.07 Å². The van der Waals surface area contributed by atoms with Crippen LogP contribution in [0, 0.1) is 0 Å². The van der Waals surface area contributed by atoms with Crippen LogP contribution in [0.15, 0.2) is 24.5 Å². The molecular formula is C13H18N4O2. The van der Waals surface area contributed by atoms with Crippen molar-refractivity contribution >= 4 is 17.0 Å². The fourth-order valence-corrected chi connectivity index (χ4v) is 2.31. The van der Waals surface area contributed by atoms with Gasteiger partial charge in [0, 0.05) is 7.05 Å². The summed E-state index contributed by atoms with van der Waals surface area (Å²) in [5, 5.41) is 15.1. The lowest BCUT2D eigenvalue weighted by atomic mass is 9.99. The fourth-order valence-electron chi connectivity index (χ4n) is 2.31. The highest BCUT2D eigenvalue weighted by Crippen LogP contribution is 2.21. The average molecular weight is 262 g/mol. The smallest absolute Gasteiger partial charge is 0.322 e. The third kappa shape index (κ3) is 2.45. The molecule has 0 saturated heterocycles. The van der Waals surface area contributed by atoms with Gasteiger partial charge in [-0.05, 0) is 31.8 Å². The van der Waals surface area contributed by atoms with Crippen LogP contribution in [0.4, 0.5) is 0 Å². The molecule has 1 aromatic carbocycles. The van der Waals surface area contributed by atoms with Crippen LogP contribution in [0.5, 0.6) is 0 Å². The monoisotopic (exact) mass is 262 g/mol. The predicted molar refractivity (Wildman–Crippen MR) is 73.0 cm³/mol. The summed E-state index contributed by atoms with van der Waals surface area (Å²) in [6, 6.07) is 4.80. The molecule has 3 N–H and O–H groups in total. The minimum atomic E-state index is -0.886. The fraction of sp³-hybridized carbons (Fsp3) is 0.385. The maximum Gasteiger partial charge on any atom is 0.322 e. The quantitative estimate of drug-likeness (QED) is 0.731. The Morgan fingerprint density at radius 1 is 1.37 bits per heavy atom. The number of aryl methyl sites for hydroxylation is 1. The number of fused-ring (bicyclic) bond motifs is 1. The molecule has 0 bridgehead atoms. The summed E-state index contributed by atoms with van der Waals surface area (Å²) in [6.07, 6.45) is 1.75. The van der Waals surface area contributed by atoms with E-state index in [-0.39, 0.29) is 6.04 Å². The van der Waals surface area contributed by atoms with E-state index in [0.29, 0.717) is 0 Å². The number of aliphatic carboxylic acids is 1. The predicted octanol–water partition coefficient (Wildman–Crippen LogP) is 0.506. The van der Waals surface area contributed by atoms with Crippen molar-refractivity contribution in [1.29, 1.82) is 0 Å². The Balaban J connectivity index is 2.42. The van der Waals surface area contributed by atoms with Crippen LogP contribution in [0.1, 0.15) is 11.6 Å². The van der Waals surface area contributed by atoms with E-state index in [2.05, 4.69) is 15.6 Å². The molecule has 1 heterocycles. The van der Waals surface area contributed by atoms with Gasteiger partial charge in [-0.2, -0.15) is 0 Å². The van der Waals surface area contributed by atoms with Crippen LogP contribution in [-0.2, 0) is 11.8 Å². The molecule has 0 saturated carbocycles. The number of hydrogen-bond acceptors (Lipinski definition) is 4. The zero-order valence-electron chi connectivity index (χ0n) is 11.2. The Bertz CT molecular complexity index is 593. The van der Waals surface area contributed by atoms with E-state index in [0.717, 1.165) is 16.6 Å². The highest BCUT2D eigenvalue weighted by molar-refractivity contribution is 5.78. The molecule has 2 aromatic rings. The van der Waals surface area contributed by atoms with Crippen molar-refractivity contribution in [1.82, 2.24) is 20.2 Å². The second kappa shape index (κ2) is 5.38. The zero-order chi connectivity index (χ0) is 14.0. The molecule has 0 aliphatic carbocycles. The number of aromatic nitrogens is 2. The van der Waals surface area contributed by atoms with Gasteiger partial charge in [0.1, 0.15) is 6.04 Å². The van der Waals surface area contributed by atoms with Gasteiger partial charge in [0.15, 0.2) is 0 Å². The molecule has 6 heteroatoms. The van der Waals surface area contributed by atoms with Gasteiger partial charge in [0.05, 0.1) is 23.4 Å².